The molecule has 20 heavy (non-hydrogen) atoms. The van der Waals surface area contributed by atoms with Gasteiger partial charge in [-0.05, 0) is 38.0 Å². The highest BCUT2D eigenvalue weighted by atomic mass is 16.5. The molecule has 1 saturated carbocycles. The van der Waals surface area contributed by atoms with Gasteiger partial charge in [0.1, 0.15) is 0 Å². The minimum Gasteiger partial charge on any atom is -0.394 e. The van der Waals surface area contributed by atoms with Crippen molar-refractivity contribution < 1.29 is 14.9 Å². The van der Waals surface area contributed by atoms with Gasteiger partial charge in [0, 0.05) is 19.1 Å². The Kier molecular flexibility index (Phi) is 6.27. The van der Waals surface area contributed by atoms with Gasteiger partial charge in [-0.1, -0.05) is 19.8 Å². The Bertz CT molecular complexity index is 287. The molecule has 0 amide bonds. The number of aliphatic hydroxyl groups is 2. The number of ether oxygens (including phenoxy) is 1. The molecule has 0 aromatic rings. The van der Waals surface area contributed by atoms with Gasteiger partial charge in [-0.15, -0.1) is 0 Å². The first-order chi connectivity index (χ1) is 9.63. The standard InChI is InChI=1S/C16H31NO3/c1-3-4-13-5-6-16(19)14(7-13)8-17-9-15(10-18)20-11-12(17)2/h12-16,18-19H,3-11H2,1-2H3. The van der Waals surface area contributed by atoms with Crippen LogP contribution in [0.25, 0.3) is 0 Å². The third-order valence-corrected chi connectivity index (χ3v) is 5.06. The van der Waals surface area contributed by atoms with Crippen LogP contribution in [0.5, 0.6) is 0 Å². The topological polar surface area (TPSA) is 52.9 Å². The number of hydrogen-bond acceptors (Lipinski definition) is 4. The molecule has 2 N–H and O–H groups in total. The first-order valence-corrected chi connectivity index (χ1v) is 8.28. The fourth-order valence-electron chi connectivity index (χ4n) is 3.75. The molecule has 2 aliphatic rings. The molecule has 2 fully saturated rings. The molecule has 0 bridgehead atoms. The van der Waals surface area contributed by atoms with Gasteiger partial charge >= 0.3 is 0 Å². The van der Waals surface area contributed by atoms with E-state index in [2.05, 4.69) is 18.7 Å². The number of morpholine rings is 1. The number of aliphatic hydroxyl groups excluding tert-OH is 2. The molecule has 0 spiro atoms. The van der Waals surface area contributed by atoms with E-state index >= 15 is 0 Å². The summed E-state index contributed by atoms with van der Waals surface area (Å²) in [5, 5.41) is 19.6. The maximum absolute atomic E-state index is 10.3. The van der Waals surface area contributed by atoms with Gasteiger partial charge in [-0.25, -0.2) is 0 Å². The zero-order valence-corrected chi connectivity index (χ0v) is 13.0. The summed E-state index contributed by atoms with van der Waals surface area (Å²) in [6.07, 6.45) is 5.63. The quantitative estimate of drug-likeness (QED) is 0.806. The summed E-state index contributed by atoms with van der Waals surface area (Å²) >= 11 is 0. The second kappa shape index (κ2) is 7.74. The summed E-state index contributed by atoms with van der Waals surface area (Å²) in [5.74, 6) is 1.18. The average molecular weight is 285 g/mol. The molecule has 1 aliphatic carbocycles. The summed E-state index contributed by atoms with van der Waals surface area (Å²) in [4.78, 5) is 2.40. The van der Waals surface area contributed by atoms with E-state index in [9.17, 15) is 10.2 Å². The lowest BCUT2D eigenvalue weighted by Gasteiger charge is -2.42. The SMILES string of the molecule is CCCC1CCC(O)C(CN2CC(CO)OCC2C)C1. The molecular formula is C16H31NO3. The zero-order valence-electron chi connectivity index (χ0n) is 13.0. The summed E-state index contributed by atoms with van der Waals surface area (Å²) in [5.41, 5.74) is 0. The minimum atomic E-state index is -0.147. The first-order valence-electron chi connectivity index (χ1n) is 8.28. The molecule has 0 aromatic heterocycles. The second-order valence-electron chi connectivity index (χ2n) is 6.74. The van der Waals surface area contributed by atoms with Crippen molar-refractivity contribution in [1.29, 1.82) is 0 Å². The third kappa shape index (κ3) is 4.17. The number of hydrogen-bond donors (Lipinski definition) is 2. The van der Waals surface area contributed by atoms with Crippen molar-refractivity contribution in [3.05, 3.63) is 0 Å². The van der Waals surface area contributed by atoms with Crippen LogP contribution in [0, 0.1) is 11.8 Å². The monoisotopic (exact) mass is 285 g/mol. The van der Waals surface area contributed by atoms with Crippen molar-refractivity contribution in [3.8, 4) is 0 Å². The second-order valence-corrected chi connectivity index (χ2v) is 6.74. The lowest BCUT2D eigenvalue weighted by molar-refractivity contribution is -0.0902. The highest BCUT2D eigenvalue weighted by Crippen LogP contribution is 2.33. The smallest absolute Gasteiger partial charge is 0.0933 e. The summed E-state index contributed by atoms with van der Waals surface area (Å²) < 4.78 is 5.59. The predicted molar refractivity (Wildman–Crippen MR) is 79.6 cm³/mol. The number of nitrogens with zero attached hydrogens (tertiary/aromatic N) is 1. The molecule has 1 saturated heterocycles. The maximum atomic E-state index is 10.3. The van der Waals surface area contributed by atoms with Crippen molar-refractivity contribution in [2.45, 2.75) is 64.2 Å². The van der Waals surface area contributed by atoms with Crippen molar-refractivity contribution in [2.24, 2.45) is 11.8 Å². The zero-order chi connectivity index (χ0) is 14.5. The van der Waals surface area contributed by atoms with Gasteiger partial charge in [-0.3, -0.25) is 4.90 Å². The van der Waals surface area contributed by atoms with Crippen LogP contribution >= 0.6 is 0 Å². The fraction of sp³-hybridized carbons (Fsp3) is 1.00. The highest BCUT2D eigenvalue weighted by Gasteiger charge is 2.33. The largest absolute Gasteiger partial charge is 0.394 e. The molecule has 5 unspecified atom stereocenters. The molecule has 0 radical (unpaired) electrons. The van der Waals surface area contributed by atoms with Gasteiger partial charge in [0.2, 0.25) is 0 Å². The van der Waals surface area contributed by atoms with Crippen molar-refractivity contribution >= 4 is 0 Å². The Morgan fingerprint density at radius 1 is 1.30 bits per heavy atom. The van der Waals surface area contributed by atoms with Gasteiger partial charge in [0.25, 0.3) is 0 Å². The van der Waals surface area contributed by atoms with Gasteiger partial charge in [0.05, 0.1) is 25.4 Å². The van der Waals surface area contributed by atoms with Crippen LogP contribution in [0.2, 0.25) is 0 Å². The Morgan fingerprint density at radius 3 is 2.80 bits per heavy atom. The van der Waals surface area contributed by atoms with Crippen LogP contribution in [0.3, 0.4) is 0 Å². The Labute approximate surface area is 123 Å². The van der Waals surface area contributed by atoms with Crippen molar-refractivity contribution in [3.63, 3.8) is 0 Å². The normalized spacial score (nSPS) is 39.9. The van der Waals surface area contributed by atoms with Crippen LogP contribution in [-0.2, 0) is 4.74 Å². The maximum Gasteiger partial charge on any atom is 0.0933 e. The van der Waals surface area contributed by atoms with E-state index in [0.717, 1.165) is 31.8 Å². The van der Waals surface area contributed by atoms with E-state index in [1.165, 1.54) is 19.3 Å². The van der Waals surface area contributed by atoms with Crippen LogP contribution in [0.1, 0.15) is 46.0 Å². The van der Waals surface area contributed by atoms with Crippen LogP contribution in [0.15, 0.2) is 0 Å². The Hall–Kier alpha value is -0.160. The van der Waals surface area contributed by atoms with E-state index < -0.39 is 0 Å². The molecule has 4 nitrogen and oxygen atoms in total. The van der Waals surface area contributed by atoms with Crippen LogP contribution in [0.4, 0.5) is 0 Å². The Balaban J connectivity index is 1.89. The molecule has 0 aromatic carbocycles. The molecule has 2 rings (SSSR count). The van der Waals surface area contributed by atoms with Crippen molar-refractivity contribution in [2.75, 3.05) is 26.3 Å². The molecule has 1 aliphatic heterocycles. The Morgan fingerprint density at radius 2 is 2.10 bits per heavy atom. The van der Waals surface area contributed by atoms with Crippen LogP contribution < -0.4 is 0 Å². The summed E-state index contributed by atoms with van der Waals surface area (Å²) in [7, 11) is 0. The lowest BCUT2D eigenvalue weighted by Crippen LogP contribution is -2.52. The lowest BCUT2D eigenvalue weighted by atomic mass is 9.77. The first kappa shape index (κ1) is 16.2. The average Bonchev–Trinajstić information content (AvgIpc) is 2.45. The van der Waals surface area contributed by atoms with E-state index in [1.54, 1.807) is 0 Å². The van der Waals surface area contributed by atoms with Gasteiger partial charge < -0.3 is 14.9 Å². The van der Waals surface area contributed by atoms with Gasteiger partial charge in [-0.2, -0.15) is 0 Å². The molecule has 4 heteroatoms. The van der Waals surface area contributed by atoms with E-state index in [-0.39, 0.29) is 18.8 Å². The van der Waals surface area contributed by atoms with Crippen LogP contribution in [-0.4, -0.2) is 59.7 Å². The third-order valence-electron chi connectivity index (χ3n) is 5.06. The summed E-state index contributed by atoms with van der Waals surface area (Å²) in [6.45, 7) is 6.94. The molecule has 118 valence electrons. The van der Waals surface area contributed by atoms with Crippen molar-refractivity contribution in [1.82, 2.24) is 4.90 Å². The van der Waals surface area contributed by atoms with E-state index in [0.29, 0.717) is 18.6 Å². The fourth-order valence-corrected chi connectivity index (χ4v) is 3.75. The van der Waals surface area contributed by atoms with Gasteiger partial charge in [0.15, 0.2) is 0 Å². The minimum absolute atomic E-state index is 0.0571. The molecule has 5 atom stereocenters. The molecular weight excluding hydrogens is 254 g/mol. The molecule has 1 heterocycles. The number of rotatable bonds is 5. The summed E-state index contributed by atoms with van der Waals surface area (Å²) in [6, 6.07) is 0.386. The highest BCUT2D eigenvalue weighted by molar-refractivity contribution is 4.85. The van der Waals surface area contributed by atoms with E-state index in [4.69, 9.17) is 4.74 Å². The predicted octanol–water partition coefficient (Wildman–Crippen LogP) is 1.65. The van der Waals surface area contributed by atoms with E-state index in [1.807, 2.05) is 0 Å².